The lowest BCUT2D eigenvalue weighted by Gasteiger charge is -2.28. The number of hydrogen-bond acceptors (Lipinski definition) is 5. The molecule has 7 nitrogen and oxygen atoms in total. The lowest BCUT2D eigenvalue weighted by molar-refractivity contribution is -0.00861. The van der Waals surface area contributed by atoms with Crippen LogP contribution in [0.5, 0.6) is 0 Å². The minimum Gasteiger partial charge on any atom is -0.381 e. The van der Waals surface area contributed by atoms with E-state index in [1.165, 1.54) is 34.4 Å². The molecule has 0 aliphatic rings. The van der Waals surface area contributed by atoms with E-state index in [0.29, 0.717) is 4.73 Å². The Labute approximate surface area is 137 Å². The van der Waals surface area contributed by atoms with E-state index in [4.69, 9.17) is 0 Å². The summed E-state index contributed by atoms with van der Waals surface area (Å²) in [7, 11) is 0. The van der Waals surface area contributed by atoms with Crippen LogP contribution in [0.25, 0.3) is 0 Å². The van der Waals surface area contributed by atoms with Crippen molar-refractivity contribution in [2.45, 2.75) is 18.7 Å². The Morgan fingerprint density at radius 1 is 1.17 bits per heavy atom. The van der Waals surface area contributed by atoms with E-state index in [1.807, 2.05) is 0 Å². The minimum atomic E-state index is -1.72. The first-order valence-corrected chi connectivity index (χ1v) is 7.31. The molecule has 1 unspecified atom stereocenters. The maximum Gasteiger partial charge on any atom is 0.217 e. The van der Waals surface area contributed by atoms with Crippen molar-refractivity contribution in [1.82, 2.24) is 29.5 Å². The van der Waals surface area contributed by atoms with Crippen molar-refractivity contribution in [3.05, 3.63) is 59.1 Å². The van der Waals surface area contributed by atoms with Gasteiger partial charge in [-0.25, -0.2) is 28.1 Å². The number of rotatable bonds is 5. The molecule has 0 aliphatic carbocycles. The van der Waals surface area contributed by atoms with Gasteiger partial charge >= 0.3 is 0 Å². The first kappa shape index (κ1) is 15.7. The van der Waals surface area contributed by atoms with E-state index in [-0.39, 0.29) is 18.7 Å². The van der Waals surface area contributed by atoms with Crippen LogP contribution in [0, 0.1) is 11.6 Å². The highest BCUT2D eigenvalue weighted by molar-refractivity contribution is 9.10. The smallest absolute Gasteiger partial charge is 0.217 e. The summed E-state index contributed by atoms with van der Waals surface area (Å²) in [6.07, 6.45) is 4.08. The summed E-state index contributed by atoms with van der Waals surface area (Å²) in [5, 5.41) is 19.0. The van der Waals surface area contributed by atoms with Crippen molar-refractivity contribution in [3.63, 3.8) is 0 Å². The molecule has 1 N–H and O–H groups in total. The van der Waals surface area contributed by atoms with Crippen LogP contribution < -0.4 is 0 Å². The Kier molecular flexibility index (Phi) is 4.18. The van der Waals surface area contributed by atoms with Crippen LogP contribution in [0.15, 0.2) is 41.9 Å². The van der Waals surface area contributed by atoms with Crippen molar-refractivity contribution in [3.8, 4) is 0 Å². The molecule has 2 aromatic heterocycles. The van der Waals surface area contributed by atoms with E-state index in [1.54, 1.807) is 0 Å². The van der Waals surface area contributed by atoms with Gasteiger partial charge in [0.05, 0.1) is 13.1 Å². The van der Waals surface area contributed by atoms with E-state index in [9.17, 15) is 13.9 Å². The highest BCUT2D eigenvalue weighted by Crippen LogP contribution is 2.28. The van der Waals surface area contributed by atoms with Gasteiger partial charge in [-0.2, -0.15) is 5.10 Å². The third-order valence-corrected chi connectivity index (χ3v) is 3.62. The standard InChI is InChI=1S/C13H11BrF2N6O/c14-12-18-8-22(20-12)5-13(23,4-21-7-17-6-19-21)10-2-1-9(15)3-11(10)16/h1-3,6-8,23H,4-5H2. The second-order valence-electron chi connectivity index (χ2n) is 4.96. The third-order valence-electron chi connectivity index (χ3n) is 3.25. The average molecular weight is 385 g/mol. The fourth-order valence-corrected chi connectivity index (χ4v) is 2.58. The van der Waals surface area contributed by atoms with Gasteiger partial charge in [0.2, 0.25) is 4.73 Å². The van der Waals surface area contributed by atoms with Gasteiger partial charge in [0.1, 0.15) is 36.2 Å². The molecule has 3 rings (SSSR count). The number of hydrogen-bond donors (Lipinski definition) is 1. The topological polar surface area (TPSA) is 81.6 Å². The zero-order valence-corrected chi connectivity index (χ0v) is 13.2. The van der Waals surface area contributed by atoms with Crippen LogP contribution in [0.3, 0.4) is 0 Å². The Morgan fingerprint density at radius 3 is 2.57 bits per heavy atom. The SMILES string of the molecule is OC(Cn1cncn1)(Cn1cnc(Br)n1)c1ccc(F)cc1F. The molecule has 0 radical (unpaired) electrons. The molecule has 0 bridgehead atoms. The van der Waals surface area contributed by atoms with E-state index in [2.05, 4.69) is 36.1 Å². The molecule has 2 heterocycles. The maximum absolute atomic E-state index is 14.2. The molecule has 0 amide bonds. The van der Waals surface area contributed by atoms with Crippen LogP contribution in [0.4, 0.5) is 8.78 Å². The zero-order valence-electron chi connectivity index (χ0n) is 11.6. The highest BCUT2D eigenvalue weighted by atomic mass is 79.9. The number of aliphatic hydroxyl groups is 1. The van der Waals surface area contributed by atoms with Crippen LogP contribution >= 0.6 is 15.9 Å². The molecule has 0 saturated heterocycles. The van der Waals surface area contributed by atoms with Crippen molar-refractivity contribution in [2.24, 2.45) is 0 Å². The van der Waals surface area contributed by atoms with Crippen LogP contribution in [0.1, 0.15) is 5.56 Å². The lowest BCUT2D eigenvalue weighted by Crippen LogP contribution is -2.37. The van der Waals surface area contributed by atoms with Gasteiger partial charge in [0.25, 0.3) is 0 Å². The van der Waals surface area contributed by atoms with E-state index < -0.39 is 17.2 Å². The summed E-state index contributed by atoms with van der Waals surface area (Å²) in [6, 6.07) is 3.01. The van der Waals surface area contributed by atoms with Gasteiger partial charge in [0.15, 0.2) is 0 Å². The lowest BCUT2D eigenvalue weighted by atomic mass is 9.93. The van der Waals surface area contributed by atoms with Crippen molar-refractivity contribution < 1.29 is 13.9 Å². The van der Waals surface area contributed by atoms with Gasteiger partial charge in [-0.05, 0) is 22.0 Å². The fraction of sp³-hybridized carbons (Fsp3) is 0.231. The van der Waals surface area contributed by atoms with Crippen molar-refractivity contribution in [1.29, 1.82) is 0 Å². The van der Waals surface area contributed by atoms with Gasteiger partial charge in [0, 0.05) is 11.6 Å². The maximum atomic E-state index is 14.2. The summed E-state index contributed by atoms with van der Waals surface area (Å²) >= 11 is 3.10. The minimum absolute atomic E-state index is 0.0685. The summed E-state index contributed by atoms with van der Waals surface area (Å²) in [4.78, 5) is 7.69. The Balaban J connectivity index is 2.01. The third kappa shape index (κ3) is 3.42. The molecule has 0 fully saturated rings. The average Bonchev–Trinajstić information content (AvgIpc) is 3.10. The molecule has 1 aromatic carbocycles. The Morgan fingerprint density at radius 2 is 1.96 bits per heavy atom. The molecular formula is C13H11BrF2N6O. The summed E-state index contributed by atoms with van der Waals surface area (Å²) < 4.78 is 30.4. The number of halogens is 3. The van der Waals surface area contributed by atoms with Crippen molar-refractivity contribution in [2.75, 3.05) is 0 Å². The Bertz CT molecular complexity index is 809. The van der Waals surface area contributed by atoms with Crippen LogP contribution in [-0.4, -0.2) is 34.6 Å². The first-order valence-electron chi connectivity index (χ1n) is 6.51. The molecule has 120 valence electrons. The molecule has 23 heavy (non-hydrogen) atoms. The quantitative estimate of drug-likeness (QED) is 0.720. The second kappa shape index (κ2) is 6.13. The summed E-state index contributed by atoms with van der Waals surface area (Å²) in [5.74, 6) is -1.58. The van der Waals surface area contributed by atoms with Gasteiger partial charge in [-0.15, -0.1) is 5.10 Å². The van der Waals surface area contributed by atoms with Gasteiger partial charge < -0.3 is 5.11 Å². The van der Waals surface area contributed by atoms with Crippen LogP contribution in [-0.2, 0) is 18.7 Å². The largest absolute Gasteiger partial charge is 0.381 e. The molecule has 0 aliphatic heterocycles. The first-order chi connectivity index (χ1) is 11.0. The van der Waals surface area contributed by atoms with E-state index >= 15 is 0 Å². The molecule has 3 aromatic rings. The Hall–Kier alpha value is -2.20. The molecule has 0 saturated carbocycles. The molecule has 1 atom stereocenters. The molecule has 10 heteroatoms. The predicted octanol–water partition coefficient (Wildman–Crippen LogP) is 1.50. The summed E-state index contributed by atoms with van der Waals surface area (Å²) in [6.45, 7) is -0.193. The van der Waals surface area contributed by atoms with Crippen molar-refractivity contribution >= 4 is 15.9 Å². The fourth-order valence-electron chi connectivity index (χ4n) is 2.29. The number of nitrogens with zero attached hydrogens (tertiary/aromatic N) is 6. The normalized spacial score (nSPS) is 13.9. The van der Waals surface area contributed by atoms with Gasteiger partial charge in [-0.3, -0.25) is 0 Å². The van der Waals surface area contributed by atoms with Crippen LogP contribution in [0.2, 0.25) is 0 Å². The van der Waals surface area contributed by atoms with E-state index in [0.717, 1.165) is 12.1 Å². The van der Waals surface area contributed by atoms with Gasteiger partial charge in [-0.1, -0.05) is 6.07 Å². The second-order valence-corrected chi connectivity index (χ2v) is 5.67. The summed E-state index contributed by atoms with van der Waals surface area (Å²) in [5.41, 5.74) is -1.79. The highest BCUT2D eigenvalue weighted by Gasteiger charge is 2.34. The monoisotopic (exact) mass is 384 g/mol. The predicted molar refractivity (Wildman–Crippen MR) is 78.0 cm³/mol. The molecular weight excluding hydrogens is 374 g/mol. The number of aromatic nitrogens is 6. The zero-order chi connectivity index (χ0) is 16.4. The molecule has 0 spiro atoms. The number of benzene rings is 1.